The summed E-state index contributed by atoms with van der Waals surface area (Å²) in [5.41, 5.74) is 2.70. The van der Waals surface area contributed by atoms with Crippen molar-refractivity contribution in [2.24, 2.45) is 0 Å². The zero-order valence-electron chi connectivity index (χ0n) is 19.7. The Bertz CT molecular complexity index is 1190. The Hall–Kier alpha value is -3.62. The zero-order chi connectivity index (χ0) is 23.3. The van der Waals surface area contributed by atoms with Crippen LogP contribution < -0.4 is 15.5 Å². The van der Waals surface area contributed by atoms with Crippen molar-refractivity contribution in [3.63, 3.8) is 0 Å². The fourth-order valence-electron chi connectivity index (χ4n) is 4.57. The first-order valence-electron chi connectivity index (χ1n) is 11.2. The van der Waals surface area contributed by atoms with Crippen LogP contribution in [0.2, 0.25) is 0 Å². The molecule has 2 aromatic heterocycles. The normalized spacial score (nSPS) is 20.3. The number of nitrogens with one attached hydrogen (secondary N) is 3. The Kier molecular flexibility index (Phi) is 4.99. The van der Waals surface area contributed by atoms with E-state index in [2.05, 4.69) is 42.9 Å². The Morgan fingerprint density at radius 2 is 1.97 bits per heavy atom. The number of aromatic nitrogens is 4. The smallest absolute Gasteiger partial charge is 0.318 e. The van der Waals surface area contributed by atoms with Crippen molar-refractivity contribution in [2.45, 2.75) is 51.2 Å². The Morgan fingerprint density at radius 3 is 2.70 bits per heavy atom. The number of carbonyl (C=O) groups excluding carboxylic acids is 1. The van der Waals surface area contributed by atoms with E-state index in [-0.39, 0.29) is 12.1 Å². The standard InChI is InChI=1S/C24H30N8O/c1-14-25-19(12-20(26-14)31(4)5)28-22-17-13-32(24(2,3)21(17)29-30-22)23(33)27-18-11-16(18)15-9-7-6-8-10-15/h6-10,12,16,18H,11,13H2,1-5H3,(H,27,33)(H2,25,26,28,29,30)/t16-,18+/m0/s1. The molecule has 5 rings (SSSR count). The molecule has 0 bridgehead atoms. The van der Waals surface area contributed by atoms with Crippen molar-refractivity contribution in [1.29, 1.82) is 0 Å². The van der Waals surface area contributed by atoms with E-state index >= 15 is 0 Å². The summed E-state index contributed by atoms with van der Waals surface area (Å²) in [4.78, 5) is 26.0. The molecule has 0 spiro atoms. The Morgan fingerprint density at radius 1 is 1.21 bits per heavy atom. The van der Waals surface area contributed by atoms with Crippen LogP contribution in [0.5, 0.6) is 0 Å². The van der Waals surface area contributed by atoms with Crippen molar-refractivity contribution >= 4 is 23.5 Å². The van der Waals surface area contributed by atoms with E-state index in [9.17, 15) is 4.79 Å². The third-order valence-corrected chi connectivity index (χ3v) is 6.57. The maximum absolute atomic E-state index is 13.2. The maximum atomic E-state index is 13.2. The van der Waals surface area contributed by atoms with Crippen LogP contribution in [0.25, 0.3) is 0 Å². The summed E-state index contributed by atoms with van der Waals surface area (Å²) in [7, 11) is 3.89. The molecule has 1 aliphatic heterocycles. The quantitative estimate of drug-likeness (QED) is 0.553. The molecule has 9 nitrogen and oxygen atoms in total. The number of hydrogen-bond donors (Lipinski definition) is 3. The van der Waals surface area contributed by atoms with Gasteiger partial charge in [-0.1, -0.05) is 30.3 Å². The molecule has 3 aromatic rings. The van der Waals surface area contributed by atoms with Crippen molar-refractivity contribution in [3.8, 4) is 0 Å². The fourth-order valence-corrected chi connectivity index (χ4v) is 4.57. The van der Waals surface area contributed by atoms with Gasteiger partial charge in [0.15, 0.2) is 5.82 Å². The molecule has 0 saturated heterocycles. The minimum absolute atomic E-state index is 0.0493. The van der Waals surface area contributed by atoms with E-state index in [4.69, 9.17) is 0 Å². The number of aromatic amines is 1. The van der Waals surface area contributed by atoms with Crippen LogP contribution in [0, 0.1) is 6.92 Å². The predicted octanol–water partition coefficient (Wildman–Crippen LogP) is 3.63. The molecule has 9 heteroatoms. The van der Waals surface area contributed by atoms with Crippen LogP contribution in [0.15, 0.2) is 36.4 Å². The van der Waals surface area contributed by atoms with E-state index in [0.29, 0.717) is 29.9 Å². The highest BCUT2D eigenvalue weighted by atomic mass is 16.2. The van der Waals surface area contributed by atoms with E-state index in [1.165, 1.54) is 5.56 Å². The summed E-state index contributed by atoms with van der Waals surface area (Å²) in [5.74, 6) is 3.24. The summed E-state index contributed by atoms with van der Waals surface area (Å²) in [6.07, 6.45) is 0.977. The molecular formula is C24H30N8O. The molecule has 1 aliphatic carbocycles. The van der Waals surface area contributed by atoms with Gasteiger partial charge in [-0.3, -0.25) is 5.10 Å². The highest BCUT2D eigenvalue weighted by Crippen LogP contribution is 2.43. The zero-order valence-corrected chi connectivity index (χ0v) is 19.7. The number of rotatable bonds is 5. The second-order valence-corrected chi connectivity index (χ2v) is 9.56. The van der Waals surface area contributed by atoms with Crippen molar-refractivity contribution in [2.75, 3.05) is 24.3 Å². The number of amides is 2. The van der Waals surface area contributed by atoms with Gasteiger partial charge in [0.05, 0.1) is 17.8 Å². The second-order valence-electron chi connectivity index (χ2n) is 9.56. The average Bonchev–Trinajstić information content (AvgIpc) is 3.32. The number of anilines is 3. The Balaban J connectivity index is 1.31. The third kappa shape index (κ3) is 3.88. The van der Waals surface area contributed by atoms with Crippen LogP contribution in [-0.2, 0) is 12.1 Å². The van der Waals surface area contributed by atoms with E-state index < -0.39 is 5.54 Å². The van der Waals surface area contributed by atoms with Gasteiger partial charge >= 0.3 is 6.03 Å². The molecule has 2 atom stereocenters. The van der Waals surface area contributed by atoms with Crippen molar-refractivity contribution in [1.82, 2.24) is 30.4 Å². The molecule has 1 fully saturated rings. The summed E-state index contributed by atoms with van der Waals surface area (Å²) in [6, 6.07) is 12.4. The van der Waals surface area contributed by atoms with Gasteiger partial charge in [0, 0.05) is 37.7 Å². The molecule has 2 aliphatic rings. The van der Waals surface area contributed by atoms with Gasteiger partial charge in [-0.15, -0.1) is 0 Å². The van der Waals surface area contributed by atoms with Gasteiger partial charge in [-0.2, -0.15) is 5.10 Å². The fraction of sp³-hybridized carbons (Fsp3) is 0.417. The molecule has 0 radical (unpaired) electrons. The number of H-pyrrole nitrogens is 1. The first-order valence-corrected chi connectivity index (χ1v) is 11.2. The van der Waals surface area contributed by atoms with Gasteiger partial charge in [-0.05, 0) is 32.8 Å². The lowest BCUT2D eigenvalue weighted by Crippen LogP contribution is -2.47. The highest BCUT2D eigenvalue weighted by molar-refractivity contribution is 5.78. The summed E-state index contributed by atoms with van der Waals surface area (Å²) >= 11 is 0. The summed E-state index contributed by atoms with van der Waals surface area (Å²) in [5, 5.41) is 14.2. The molecule has 3 heterocycles. The lowest BCUT2D eigenvalue weighted by molar-refractivity contribution is 0.142. The maximum Gasteiger partial charge on any atom is 0.318 e. The van der Waals surface area contributed by atoms with Gasteiger partial charge in [0.25, 0.3) is 0 Å². The van der Waals surface area contributed by atoms with Crippen molar-refractivity contribution in [3.05, 3.63) is 59.0 Å². The van der Waals surface area contributed by atoms with Crippen LogP contribution in [0.4, 0.5) is 22.2 Å². The van der Waals surface area contributed by atoms with Gasteiger partial charge in [-0.25, -0.2) is 14.8 Å². The molecule has 33 heavy (non-hydrogen) atoms. The van der Waals surface area contributed by atoms with E-state index in [1.807, 2.05) is 68.9 Å². The van der Waals surface area contributed by atoms with Crippen LogP contribution >= 0.6 is 0 Å². The molecular weight excluding hydrogens is 416 g/mol. The summed E-state index contributed by atoms with van der Waals surface area (Å²) in [6.45, 7) is 6.42. The number of hydrogen-bond acceptors (Lipinski definition) is 6. The van der Waals surface area contributed by atoms with Gasteiger partial charge < -0.3 is 20.4 Å². The van der Waals surface area contributed by atoms with Crippen LogP contribution in [0.1, 0.15) is 48.8 Å². The minimum Gasteiger partial charge on any atom is -0.363 e. The summed E-state index contributed by atoms with van der Waals surface area (Å²) < 4.78 is 0. The van der Waals surface area contributed by atoms with Crippen molar-refractivity contribution < 1.29 is 4.79 Å². The number of benzene rings is 1. The number of aryl methyl sites for hydroxylation is 1. The minimum atomic E-state index is -0.500. The molecule has 1 aromatic carbocycles. The first-order chi connectivity index (χ1) is 15.7. The Labute approximate surface area is 193 Å². The predicted molar refractivity (Wildman–Crippen MR) is 128 cm³/mol. The van der Waals surface area contributed by atoms with E-state index in [1.54, 1.807) is 0 Å². The van der Waals surface area contributed by atoms with Crippen LogP contribution in [0.3, 0.4) is 0 Å². The van der Waals surface area contributed by atoms with Gasteiger partial charge in [0.1, 0.15) is 17.5 Å². The highest BCUT2D eigenvalue weighted by Gasteiger charge is 2.46. The lowest BCUT2D eigenvalue weighted by atomic mass is 10.0. The SMILES string of the molecule is Cc1nc(Nc2n[nH]c3c2CN(C(=O)N[C@@H]2C[C@H]2c2ccccc2)C3(C)C)cc(N(C)C)n1. The number of nitrogens with zero attached hydrogens (tertiary/aromatic N) is 5. The number of fused-ring (bicyclic) bond motifs is 1. The number of carbonyl (C=O) groups is 1. The second kappa shape index (κ2) is 7.75. The molecule has 0 unspecified atom stereocenters. The monoisotopic (exact) mass is 446 g/mol. The van der Waals surface area contributed by atoms with E-state index in [0.717, 1.165) is 23.5 Å². The molecule has 172 valence electrons. The largest absolute Gasteiger partial charge is 0.363 e. The molecule has 2 amide bonds. The molecule has 1 saturated carbocycles. The first kappa shape index (κ1) is 21.2. The number of urea groups is 1. The van der Waals surface area contributed by atoms with Gasteiger partial charge in [0.2, 0.25) is 0 Å². The molecule has 3 N–H and O–H groups in total. The third-order valence-electron chi connectivity index (χ3n) is 6.57. The topological polar surface area (TPSA) is 102 Å². The van der Waals surface area contributed by atoms with Crippen LogP contribution in [-0.4, -0.2) is 51.2 Å². The lowest BCUT2D eigenvalue weighted by Gasteiger charge is -2.32. The average molecular weight is 447 g/mol.